The first-order valence-corrected chi connectivity index (χ1v) is 10.2. The molecule has 0 unspecified atom stereocenters. The predicted octanol–water partition coefficient (Wildman–Crippen LogP) is 6.19. The van der Waals surface area contributed by atoms with Gasteiger partial charge in [-0.3, -0.25) is 0 Å². The summed E-state index contributed by atoms with van der Waals surface area (Å²) in [6.45, 7) is 2.72. The Morgan fingerprint density at radius 1 is 1.17 bits per heavy atom. The average Bonchev–Trinajstić information content (AvgIpc) is 3.31. The van der Waals surface area contributed by atoms with Crippen molar-refractivity contribution in [2.24, 2.45) is 0 Å². The van der Waals surface area contributed by atoms with Crippen molar-refractivity contribution in [3.8, 4) is 23.4 Å². The van der Waals surface area contributed by atoms with E-state index in [-0.39, 0.29) is 6.61 Å². The highest BCUT2D eigenvalue weighted by atomic mass is 35.5. The summed E-state index contributed by atoms with van der Waals surface area (Å²) in [5, 5.41) is 14.9. The van der Waals surface area contributed by atoms with Gasteiger partial charge in [-0.05, 0) is 49.7 Å². The third-order valence-electron chi connectivity index (χ3n) is 4.73. The Balaban J connectivity index is 1.66. The van der Waals surface area contributed by atoms with E-state index < -0.39 is 0 Å². The number of unbranched alkanes of at least 4 members (excludes halogenated alkanes) is 1. The highest BCUT2D eigenvalue weighted by Crippen LogP contribution is 2.31. The summed E-state index contributed by atoms with van der Waals surface area (Å²) >= 11 is 12.5. The van der Waals surface area contributed by atoms with Gasteiger partial charge in [0, 0.05) is 39.5 Å². The summed E-state index contributed by atoms with van der Waals surface area (Å²) in [6, 6.07) is 15.4. The molecule has 0 fully saturated rings. The number of nitrogens with zero attached hydrogens (tertiary/aromatic N) is 4. The second-order valence-corrected chi connectivity index (χ2v) is 7.61. The van der Waals surface area contributed by atoms with Crippen LogP contribution in [0, 0.1) is 18.3 Å². The van der Waals surface area contributed by atoms with Crippen LogP contribution < -0.4 is 4.74 Å². The number of ether oxygens (including phenoxy) is 1. The summed E-state index contributed by atoms with van der Waals surface area (Å²) in [7, 11) is 0. The molecular weight excluding hydrogens is 423 g/mol. The first-order chi connectivity index (χ1) is 14.6. The van der Waals surface area contributed by atoms with E-state index in [1.165, 1.54) is 0 Å². The largest absolute Gasteiger partial charge is 0.489 e. The third-order valence-corrected chi connectivity index (χ3v) is 5.44. The minimum absolute atomic E-state index is 0.266. The fourth-order valence-corrected chi connectivity index (χ4v) is 3.81. The van der Waals surface area contributed by atoms with E-state index in [9.17, 15) is 0 Å². The number of fused-ring (bicyclic) bond motifs is 1. The maximum Gasteiger partial charge on any atom is 0.274 e. The Bertz CT molecular complexity index is 1220. The second-order valence-electron chi connectivity index (χ2n) is 6.80. The van der Waals surface area contributed by atoms with Crippen molar-refractivity contribution < 1.29 is 9.26 Å². The minimum Gasteiger partial charge on any atom is -0.489 e. The summed E-state index contributed by atoms with van der Waals surface area (Å²) in [4.78, 5) is 4.36. The highest BCUT2D eigenvalue weighted by molar-refractivity contribution is 6.35. The standard InChI is InChI=1S/C22H18Cl2N4O2/c1-14-26-22(30-27-14)21-12-15-11-16(7-8-20(15)28(21)10-3-2-9-25)29-13-17-18(23)5-4-6-19(17)24/h4-8,11-12H,2-3,10,13H2,1H3. The maximum absolute atomic E-state index is 8.89. The van der Waals surface area contributed by atoms with Gasteiger partial charge in [-0.2, -0.15) is 10.2 Å². The van der Waals surface area contributed by atoms with Gasteiger partial charge in [-0.25, -0.2) is 0 Å². The van der Waals surface area contributed by atoms with Crippen LogP contribution in [0.25, 0.3) is 22.5 Å². The van der Waals surface area contributed by atoms with E-state index in [2.05, 4.69) is 20.8 Å². The number of hydrogen-bond acceptors (Lipinski definition) is 5. The molecule has 4 rings (SSSR count). The van der Waals surface area contributed by atoms with Crippen molar-refractivity contribution in [2.45, 2.75) is 32.9 Å². The fourth-order valence-electron chi connectivity index (χ4n) is 3.30. The molecular formula is C22H18Cl2N4O2. The normalized spacial score (nSPS) is 11.0. The quantitative estimate of drug-likeness (QED) is 0.320. The van der Waals surface area contributed by atoms with Crippen molar-refractivity contribution in [1.82, 2.24) is 14.7 Å². The molecule has 0 aliphatic rings. The first-order valence-electron chi connectivity index (χ1n) is 9.43. The number of nitriles is 1. The number of rotatable bonds is 7. The minimum atomic E-state index is 0.266. The van der Waals surface area contributed by atoms with E-state index in [1.54, 1.807) is 25.1 Å². The Hall–Kier alpha value is -3.01. The summed E-state index contributed by atoms with van der Waals surface area (Å²) in [5.74, 6) is 1.71. The lowest BCUT2D eigenvalue weighted by atomic mass is 10.2. The monoisotopic (exact) mass is 440 g/mol. The maximum atomic E-state index is 8.89. The van der Waals surface area contributed by atoms with Gasteiger partial charge in [0.2, 0.25) is 0 Å². The lowest BCUT2D eigenvalue weighted by Crippen LogP contribution is -2.00. The van der Waals surface area contributed by atoms with Crippen LogP contribution in [0.2, 0.25) is 10.0 Å². The molecule has 0 N–H and O–H groups in total. The SMILES string of the molecule is Cc1noc(-c2cc3cc(OCc4c(Cl)cccc4Cl)ccc3n2CCCC#N)n1. The van der Waals surface area contributed by atoms with E-state index >= 15 is 0 Å². The van der Waals surface area contributed by atoms with Crippen LogP contribution in [0.4, 0.5) is 0 Å². The second kappa shape index (κ2) is 8.78. The van der Waals surface area contributed by atoms with Gasteiger partial charge < -0.3 is 13.8 Å². The van der Waals surface area contributed by atoms with Gasteiger partial charge in [0.15, 0.2) is 5.82 Å². The molecule has 0 aliphatic heterocycles. The van der Waals surface area contributed by atoms with Crippen molar-refractivity contribution in [2.75, 3.05) is 0 Å². The molecule has 2 aromatic carbocycles. The summed E-state index contributed by atoms with van der Waals surface area (Å²) in [6.07, 6.45) is 1.20. The molecule has 2 aromatic heterocycles. The van der Waals surface area contributed by atoms with E-state index in [1.807, 2.05) is 24.3 Å². The van der Waals surface area contributed by atoms with Crippen molar-refractivity contribution in [3.05, 3.63) is 63.9 Å². The molecule has 0 aliphatic carbocycles. The van der Waals surface area contributed by atoms with Gasteiger partial charge >= 0.3 is 0 Å². The molecule has 0 bridgehead atoms. The van der Waals surface area contributed by atoms with Crippen LogP contribution >= 0.6 is 23.2 Å². The highest BCUT2D eigenvalue weighted by Gasteiger charge is 2.16. The van der Waals surface area contributed by atoms with Crippen LogP contribution in [-0.2, 0) is 13.2 Å². The van der Waals surface area contributed by atoms with Crippen LogP contribution in [0.1, 0.15) is 24.2 Å². The molecule has 0 atom stereocenters. The molecule has 4 aromatic rings. The zero-order chi connectivity index (χ0) is 21.1. The third kappa shape index (κ3) is 4.13. The van der Waals surface area contributed by atoms with Gasteiger partial charge in [-0.15, -0.1) is 0 Å². The average molecular weight is 441 g/mol. The smallest absolute Gasteiger partial charge is 0.274 e. The molecule has 0 amide bonds. The molecule has 6 nitrogen and oxygen atoms in total. The van der Waals surface area contributed by atoms with Crippen LogP contribution in [0.5, 0.6) is 5.75 Å². The molecule has 152 valence electrons. The van der Waals surface area contributed by atoms with Crippen molar-refractivity contribution >= 4 is 34.1 Å². The van der Waals surface area contributed by atoms with Crippen molar-refractivity contribution in [1.29, 1.82) is 5.26 Å². The Kier molecular flexibility index (Phi) is 5.93. The van der Waals surface area contributed by atoms with Gasteiger partial charge in [0.1, 0.15) is 18.1 Å². The van der Waals surface area contributed by atoms with Crippen molar-refractivity contribution in [3.63, 3.8) is 0 Å². The predicted molar refractivity (Wildman–Crippen MR) is 116 cm³/mol. The van der Waals surface area contributed by atoms with E-state index in [4.69, 9.17) is 37.7 Å². The molecule has 8 heteroatoms. The molecule has 30 heavy (non-hydrogen) atoms. The molecule has 2 heterocycles. The Labute approximate surface area is 183 Å². The first kappa shape index (κ1) is 20.3. The van der Waals surface area contributed by atoms with Crippen LogP contribution in [-0.4, -0.2) is 14.7 Å². The topological polar surface area (TPSA) is 76.9 Å². The number of aryl methyl sites for hydroxylation is 2. The summed E-state index contributed by atoms with van der Waals surface area (Å²) < 4.78 is 13.4. The number of benzene rings is 2. The Morgan fingerprint density at radius 3 is 2.67 bits per heavy atom. The van der Waals surface area contributed by atoms with Gasteiger partial charge in [0.25, 0.3) is 5.89 Å². The molecule has 0 radical (unpaired) electrons. The lowest BCUT2D eigenvalue weighted by molar-refractivity contribution is 0.307. The zero-order valence-electron chi connectivity index (χ0n) is 16.2. The summed E-state index contributed by atoms with van der Waals surface area (Å²) in [5.41, 5.74) is 2.56. The number of aromatic nitrogens is 3. The molecule has 0 spiro atoms. The fraction of sp³-hybridized carbons (Fsp3) is 0.227. The van der Waals surface area contributed by atoms with Crippen LogP contribution in [0.3, 0.4) is 0 Å². The number of halogens is 2. The van der Waals surface area contributed by atoms with E-state index in [0.717, 1.165) is 28.6 Å². The molecule has 0 saturated carbocycles. The lowest BCUT2D eigenvalue weighted by Gasteiger charge is -2.10. The van der Waals surface area contributed by atoms with Crippen LogP contribution in [0.15, 0.2) is 47.0 Å². The molecule has 0 saturated heterocycles. The van der Waals surface area contributed by atoms with E-state index in [0.29, 0.717) is 40.5 Å². The van der Waals surface area contributed by atoms with Gasteiger partial charge in [0.05, 0.1) is 6.07 Å². The number of hydrogen-bond donors (Lipinski definition) is 0. The Morgan fingerprint density at radius 2 is 1.97 bits per heavy atom. The van der Waals surface area contributed by atoms with Gasteiger partial charge in [-0.1, -0.05) is 34.4 Å². The zero-order valence-corrected chi connectivity index (χ0v) is 17.7.